The van der Waals surface area contributed by atoms with E-state index in [1.807, 2.05) is 0 Å². The number of hydrogen-bond acceptors (Lipinski definition) is 2. The van der Waals surface area contributed by atoms with Gasteiger partial charge in [0.25, 0.3) is 0 Å². The molecule has 1 unspecified atom stereocenters. The lowest BCUT2D eigenvalue weighted by atomic mass is 9.94. The van der Waals surface area contributed by atoms with Gasteiger partial charge in [-0.1, -0.05) is 12.2 Å². The zero-order valence-electron chi connectivity index (χ0n) is 7.76. The van der Waals surface area contributed by atoms with E-state index in [0.29, 0.717) is 0 Å². The minimum absolute atomic E-state index is 0.803. The van der Waals surface area contributed by atoms with Crippen molar-refractivity contribution < 1.29 is 0 Å². The Bertz CT molecular complexity index is 132. The third-order valence-electron chi connectivity index (χ3n) is 2.37. The average molecular weight is 168 g/mol. The molecule has 0 radical (unpaired) electrons. The second-order valence-electron chi connectivity index (χ2n) is 3.50. The Labute approximate surface area is 75.2 Å². The first-order valence-corrected chi connectivity index (χ1v) is 4.99. The van der Waals surface area contributed by atoms with E-state index in [9.17, 15) is 0 Å². The predicted molar refractivity (Wildman–Crippen MR) is 53.0 cm³/mol. The summed E-state index contributed by atoms with van der Waals surface area (Å²) in [5.41, 5.74) is 5.40. The van der Waals surface area contributed by atoms with Gasteiger partial charge in [-0.25, -0.2) is 0 Å². The second kappa shape index (κ2) is 6.21. The summed E-state index contributed by atoms with van der Waals surface area (Å²) in [6.07, 6.45) is 9.57. The van der Waals surface area contributed by atoms with Crippen LogP contribution in [0.2, 0.25) is 0 Å². The zero-order valence-corrected chi connectivity index (χ0v) is 7.76. The number of rotatable bonds is 5. The Hall–Kier alpha value is -0.340. The summed E-state index contributed by atoms with van der Waals surface area (Å²) in [6, 6.07) is 0. The van der Waals surface area contributed by atoms with E-state index in [4.69, 9.17) is 5.73 Å². The lowest BCUT2D eigenvalue weighted by Crippen LogP contribution is -2.25. The van der Waals surface area contributed by atoms with Gasteiger partial charge in [-0.2, -0.15) is 0 Å². The van der Waals surface area contributed by atoms with Gasteiger partial charge in [0, 0.05) is 0 Å². The minimum Gasteiger partial charge on any atom is -0.330 e. The van der Waals surface area contributed by atoms with Crippen molar-refractivity contribution in [2.24, 2.45) is 11.7 Å². The summed E-state index contributed by atoms with van der Waals surface area (Å²) in [7, 11) is 0. The van der Waals surface area contributed by atoms with Crippen LogP contribution in [0.1, 0.15) is 25.7 Å². The summed E-state index contributed by atoms with van der Waals surface area (Å²) in [5, 5.41) is 3.44. The molecule has 70 valence electrons. The van der Waals surface area contributed by atoms with Crippen LogP contribution in [0.15, 0.2) is 12.2 Å². The van der Waals surface area contributed by atoms with E-state index >= 15 is 0 Å². The Morgan fingerprint density at radius 2 is 2.33 bits per heavy atom. The third-order valence-corrected chi connectivity index (χ3v) is 2.37. The summed E-state index contributed by atoms with van der Waals surface area (Å²) >= 11 is 0. The van der Waals surface area contributed by atoms with E-state index in [1.165, 1.54) is 25.8 Å². The van der Waals surface area contributed by atoms with Crippen molar-refractivity contribution >= 4 is 0 Å². The predicted octanol–water partition coefficient (Wildman–Crippen LogP) is 1.28. The van der Waals surface area contributed by atoms with Crippen molar-refractivity contribution in [3.63, 3.8) is 0 Å². The molecular weight excluding hydrogens is 148 g/mol. The van der Waals surface area contributed by atoms with Crippen molar-refractivity contribution in [2.75, 3.05) is 19.6 Å². The van der Waals surface area contributed by atoms with Crippen LogP contribution < -0.4 is 11.1 Å². The molecule has 0 aromatic rings. The lowest BCUT2D eigenvalue weighted by molar-refractivity contribution is 0.440. The maximum absolute atomic E-state index is 5.40. The largest absolute Gasteiger partial charge is 0.330 e. The molecule has 2 heteroatoms. The number of allylic oxidation sites excluding steroid dienone is 2. The van der Waals surface area contributed by atoms with Gasteiger partial charge in [-0.15, -0.1) is 0 Å². The van der Waals surface area contributed by atoms with Gasteiger partial charge in [-0.05, 0) is 51.2 Å². The molecule has 3 N–H and O–H groups in total. The van der Waals surface area contributed by atoms with E-state index in [1.54, 1.807) is 0 Å². The third kappa shape index (κ3) is 3.88. The molecule has 0 saturated carbocycles. The first-order chi connectivity index (χ1) is 5.93. The zero-order chi connectivity index (χ0) is 8.65. The fourth-order valence-electron chi connectivity index (χ4n) is 1.57. The minimum atomic E-state index is 0.803. The molecule has 12 heavy (non-hydrogen) atoms. The topological polar surface area (TPSA) is 38.0 Å². The highest BCUT2D eigenvalue weighted by atomic mass is 14.9. The first kappa shape index (κ1) is 9.75. The molecular formula is C10H20N2. The van der Waals surface area contributed by atoms with Gasteiger partial charge >= 0.3 is 0 Å². The highest BCUT2D eigenvalue weighted by molar-refractivity contribution is 4.90. The molecule has 0 saturated heterocycles. The van der Waals surface area contributed by atoms with Crippen LogP contribution >= 0.6 is 0 Å². The molecule has 2 nitrogen and oxygen atoms in total. The highest BCUT2D eigenvalue weighted by Crippen LogP contribution is 2.16. The molecule has 0 amide bonds. The molecule has 0 aliphatic heterocycles. The molecule has 0 fully saturated rings. The van der Waals surface area contributed by atoms with Crippen LogP contribution in [-0.4, -0.2) is 19.6 Å². The number of nitrogens with two attached hydrogens (primary N) is 1. The monoisotopic (exact) mass is 168 g/mol. The van der Waals surface area contributed by atoms with Crippen molar-refractivity contribution in [1.29, 1.82) is 0 Å². The Kier molecular flexibility index (Phi) is 5.04. The summed E-state index contributed by atoms with van der Waals surface area (Å²) < 4.78 is 0. The van der Waals surface area contributed by atoms with Crippen LogP contribution in [0.4, 0.5) is 0 Å². The smallest absolute Gasteiger partial charge is 0.00174 e. The van der Waals surface area contributed by atoms with Crippen molar-refractivity contribution in [2.45, 2.75) is 25.7 Å². The fraction of sp³-hybridized carbons (Fsp3) is 0.800. The number of nitrogens with one attached hydrogen (secondary N) is 1. The number of hydrogen-bond donors (Lipinski definition) is 2. The van der Waals surface area contributed by atoms with Gasteiger partial charge in [0.1, 0.15) is 0 Å². The van der Waals surface area contributed by atoms with E-state index in [2.05, 4.69) is 17.5 Å². The van der Waals surface area contributed by atoms with Gasteiger partial charge in [0.15, 0.2) is 0 Å². The Morgan fingerprint density at radius 3 is 3.00 bits per heavy atom. The normalized spacial score (nSPS) is 22.9. The Morgan fingerprint density at radius 1 is 1.42 bits per heavy atom. The molecule has 0 aromatic carbocycles. The van der Waals surface area contributed by atoms with Crippen molar-refractivity contribution in [3.05, 3.63) is 12.2 Å². The first-order valence-electron chi connectivity index (χ1n) is 4.99. The fourth-order valence-corrected chi connectivity index (χ4v) is 1.57. The quantitative estimate of drug-likeness (QED) is 0.479. The summed E-state index contributed by atoms with van der Waals surface area (Å²) in [4.78, 5) is 0. The average Bonchev–Trinajstić information content (AvgIpc) is 2.14. The van der Waals surface area contributed by atoms with E-state index in [-0.39, 0.29) is 0 Å². The highest BCUT2D eigenvalue weighted by Gasteiger charge is 2.07. The van der Waals surface area contributed by atoms with Gasteiger partial charge < -0.3 is 11.1 Å². The molecule has 0 bridgehead atoms. The van der Waals surface area contributed by atoms with Crippen LogP contribution in [0.5, 0.6) is 0 Å². The maximum atomic E-state index is 5.40. The molecule has 1 atom stereocenters. The van der Waals surface area contributed by atoms with Crippen LogP contribution in [0, 0.1) is 5.92 Å². The van der Waals surface area contributed by atoms with Crippen LogP contribution in [0.3, 0.4) is 0 Å². The van der Waals surface area contributed by atoms with Crippen molar-refractivity contribution in [3.8, 4) is 0 Å². The molecule has 0 spiro atoms. The SMILES string of the molecule is NCCCNCC1CC=CCC1. The van der Waals surface area contributed by atoms with Gasteiger partial charge in [-0.3, -0.25) is 0 Å². The molecule has 0 aromatic heterocycles. The molecule has 1 aliphatic rings. The Balaban J connectivity index is 1.95. The summed E-state index contributed by atoms with van der Waals surface area (Å²) in [5.74, 6) is 0.868. The van der Waals surface area contributed by atoms with E-state index < -0.39 is 0 Å². The van der Waals surface area contributed by atoms with Crippen LogP contribution in [-0.2, 0) is 0 Å². The maximum Gasteiger partial charge on any atom is -0.00174 e. The molecule has 0 heterocycles. The lowest BCUT2D eigenvalue weighted by Gasteiger charge is -2.17. The van der Waals surface area contributed by atoms with E-state index in [0.717, 1.165) is 25.4 Å². The van der Waals surface area contributed by atoms with Crippen LogP contribution in [0.25, 0.3) is 0 Å². The second-order valence-corrected chi connectivity index (χ2v) is 3.50. The van der Waals surface area contributed by atoms with Gasteiger partial charge in [0.2, 0.25) is 0 Å². The molecule has 1 rings (SSSR count). The molecule has 1 aliphatic carbocycles. The van der Waals surface area contributed by atoms with Crippen molar-refractivity contribution in [1.82, 2.24) is 5.32 Å². The standard InChI is InChI=1S/C10H20N2/c11-7-4-8-12-9-10-5-2-1-3-6-10/h1-2,10,12H,3-9,11H2. The summed E-state index contributed by atoms with van der Waals surface area (Å²) in [6.45, 7) is 3.05. The van der Waals surface area contributed by atoms with Gasteiger partial charge in [0.05, 0.1) is 0 Å².